The van der Waals surface area contributed by atoms with Crippen molar-refractivity contribution in [2.75, 3.05) is 18.2 Å². The van der Waals surface area contributed by atoms with E-state index < -0.39 is 0 Å². The van der Waals surface area contributed by atoms with Gasteiger partial charge < -0.3 is 15.8 Å². The van der Waals surface area contributed by atoms with Crippen LogP contribution in [0.15, 0.2) is 30.3 Å². The molecule has 0 aliphatic heterocycles. The maximum atomic E-state index is 12.7. The summed E-state index contributed by atoms with van der Waals surface area (Å²) < 4.78 is 5.19. The molecular formula is C19H19N3O2S. The number of nitrogens with two attached hydrogens (primary N) is 1. The molecule has 0 spiro atoms. The molecule has 128 valence electrons. The van der Waals surface area contributed by atoms with Gasteiger partial charge in [0.25, 0.3) is 5.91 Å². The van der Waals surface area contributed by atoms with Crippen LogP contribution < -0.4 is 15.8 Å². The zero-order valence-corrected chi connectivity index (χ0v) is 14.8. The largest absolute Gasteiger partial charge is 0.497 e. The van der Waals surface area contributed by atoms with E-state index in [1.165, 1.54) is 29.7 Å². The van der Waals surface area contributed by atoms with Gasteiger partial charge in [-0.05, 0) is 49.4 Å². The smallest absolute Gasteiger partial charge is 0.267 e. The molecule has 3 aromatic rings. The number of carbonyl (C=O) groups excluding carboxylic acids is 1. The standard InChI is InChI=1S/C19H19N3O2S/c1-24-13-7-4-6-12(10-13)21-18(23)17-16(20)14-9-11-5-2-3-8-15(11)22-19(14)25-17/h4,6-7,9-10H,2-3,5,8,20H2,1H3,(H,21,23). The summed E-state index contributed by atoms with van der Waals surface area (Å²) in [7, 11) is 1.60. The SMILES string of the molecule is COc1cccc(NC(=O)c2sc3nc4c(cc3c2N)CCCC4)c1. The molecule has 0 saturated carbocycles. The number of aromatic nitrogens is 1. The number of amides is 1. The molecule has 3 N–H and O–H groups in total. The van der Waals surface area contributed by atoms with Crippen molar-refractivity contribution in [2.24, 2.45) is 0 Å². The lowest BCUT2D eigenvalue weighted by atomic mass is 9.95. The summed E-state index contributed by atoms with van der Waals surface area (Å²) in [5.41, 5.74) is 9.88. The zero-order valence-electron chi connectivity index (χ0n) is 14.0. The maximum Gasteiger partial charge on any atom is 0.267 e. The van der Waals surface area contributed by atoms with E-state index in [-0.39, 0.29) is 5.91 Å². The molecule has 0 radical (unpaired) electrons. The molecule has 0 fully saturated rings. The monoisotopic (exact) mass is 353 g/mol. The second-order valence-corrected chi connectivity index (χ2v) is 7.18. The number of rotatable bonds is 3. The lowest BCUT2D eigenvalue weighted by Gasteiger charge is -2.14. The van der Waals surface area contributed by atoms with Gasteiger partial charge in [-0.3, -0.25) is 4.79 Å². The summed E-state index contributed by atoms with van der Waals surface area (Å²) in [5.74, 6) is 0.475. The first-order chi connectivity index (χ1) is 12.2. The van der Waals surface area contributed by atoms with Crippen LogP contribution in [0.5, 0.6) is 5.75 Å². The Kier molecular flexibility index (Phi) is 4.05. The highest BCUT2D eigenvalue weighted by atomic mass is 32.1. The van der Waals surface area contributed by atoms with Crippen molar-refractivity contribution in [3.05, 3.63) is 46.5 Å². The molecule has 2 aromatic heterocycles. The molecule has 2 heterocycles. The molecular weight excluding hydrogens is 334 g/mol. The second-order valence-electron chi connectivity index (χ2n) is 6.18. The number of nitrogens with zero attached hydrogens (tertiary/aromatic N) is 1. The molecule has 0 saturated heterocycles. The van der Waals surface area contributed by atoms with Crippen LogP contribution in [-0.4, -0.2) is 18.0 Å². The van der Waals surface area contributed by atoms with Crippen molar-refractivity contribution in [3.8, 4) is 5.75 Å². The number of fused-ring (bicyclic) bond motifs is 2. The number of pyridine rings is 1. The van der Waals surface area contributed by atoms with Crippen LogP contribution >= 0.6 is 11.3 Å². The molecule has 1 aromatic carbocycles. The summed E-state index contributed by atoms with van der Waals surface area (Å²) in [6.45, 7) is 0. The summed E-state index contributed by atoms with van der Waals surface area (Å²) in [4.78, 5) is 18.8. The predicted molar refractivity (Wildman–Crippen MR) is 102 cm³/mol. The van der Waals surface area contributed by atoms with E-state index in [9.17, 15) is 4.79 Å². The van der Waals surface area contributed by atoms with Crippen LogP contribution in [-0.2, 0) is 12.8 Å². The molecule has 6 heteroatoms. The number of methoxy groups -OCH3 is 1. The van der Waals surface area contributed by atoms with Crippen LogP contribution in [0.4, 0.5) is 11.4 Å². The third-order valence-electron chi connectivity index (χ3n) is 4.53. The van der Waals surface area contributed by atoms with Gasteiger partial charge >= 0.3 is 0 Å². The topological polar surface area (TPSA) is 77.2 Å². The van der Waals surface area contributed by atoms with E-state index >= 15 is 0 Å². The number of nitrogens with one attached hydrogen (secondary N) is 1. The molecule has 0 bridgehead atoms. The molecule has 0 atom stereocenters. The van der Waals surface area contributed by atoms with Crippen molar-refractivity contribution < 1.29 is 9.53 Å². The van der Waals surface area contributed by atoms with Crippen molar-refractivity contribution in [2.45, 2.75) is 25.7 Å². The fourth-order valence-electron chi connectivity index (χ4n) is 3.22. The van der Waals surface area contributed by atoms with E-state index in [1.54, 1.807) is 13.2 Å². The normalized spacial score (nSPS) is 13.5. The number of aryl methyl sites for hydroxylation is 2. The Labute approximate surface area is 149 Å². The number of carbonyl (C=O) groups is 1. The van der Waals surface area contributed by atoms with Gasteiger partial charge in [0.1, 0.15) is 15.5 Å². The number of ether oxygens (including phenoxy) is 1. The summed E-state index contributed by atoms with van der Waals surface area (Å²) in [6.07, 6.45) is 4.41. The van der Waals surface area contributed by atoms with Crippen molar-refractivity contribution in [1.82, 2.24) is 4.98 Å². The first kappa shape index (κ1) is 15.9. The van der Waals surface area contributed by atoms with Gasteiger partial charge in [0.2, 0.25) is 0 Å². The molecule has 1 aliphatic rings. The van der Waals surface area contributed by atoms with E-state index in [0.717, 1.165) is 28.8 Å². The summed E-state index contributed by atoms with van der Waals surface area (Å²) in [6, 6.07) is 9.38. The Morgan fingerprint density at radius 3 is 2.96 bits per heavy atom. The van der Waals surface area contributed by atoms with Crippen LogP contribution in [0.2, 0.25) is 0 Å². The van der Waals surface area contributed by atoms with E-state index in [1.807, 2.05) is 18.2 Å². The quantitative estimate of drug-likeness (QED) is 0.745. The third kappa shape index (κ3) is 2.93. The highest BCUT2D eigenvalue weighted by molar-refractivity contribution is 7.21. The van der Waals surface area contributed by atoms with E-state index in [0.29, 0.717) is 22.0 Å². The van der Waals surface area contributed by atoms with Gasteiger partial charge in [-0.1, -0.05) is 6.07 Å². The van der Waals surface area contributed by atoms with E-state index in [4.69, 9.17) is 15.5 Å². The van der Waals surface area contributed by atoms with Gasteiger partial charge in [0.05, 0.1) is 12.8 Å². The highest BCUT2D eigenvalue weighted by Crippen LogP contribution is 2.36. The molecule has 4 rings (SSSR count). The van der Waals surface area contributed by atoms with E-state index in [2.05, 4.69) is 11.4 Å². The van der Waals surface area contributed by atoms with Crippen molar-refractivity contribution in [3.63, 3.8) is 0 Å². The summed E-state index contributed by atoms with van der Waals surface area (Å²) in [5, 5.41) is 3.78. The first-order valence-electron chi connectivity index (χ1n) is 8.32. The average molecular weight is 353 g/mol. The lowest BCUT2D eigenvalue weighted by Crippen LogP contribution is -2.11. The predicted octanol–water partition coefficient (Wildman–Crippen LogP) is 4.02. The maximum absolute atomic E-state index is 12.7. The third-order valence-corrected chi connectivity index (χ3v) is 5.65. The first-order valence-corrected chi connectivity index (χ1v) is 9.13. The molecule has 1 amide bonds. The second kappa shape index (κ2) is 6.37. The Bertz CT molecular complexity index is 965. The van der Waals surface area contributed by atoms with Crippen LogP contribution in [0.3, 0.4) is 0 Å². The number of nitrogen functional groups attached to an aromatic ring is 1. The van der Waals surface area contributed by atoms with Crippen LogP contribution in [0.25, 0.3) is 10.2 Å². The molecule has 1 aliphatic carbocycles. The zero-order chi connectivity index (χ0) is 17.4. The lowest BCUT2D eigenvalue weighted by molar-refractivity contribution is 0.103. The van der Waals surface area contributed by atoms with Gasteiger partial charge in [-0.2, -0.15) is 0 Å². The fourth-order valence-corrected chi connectivity index (χ4v) is 4.21. The molecule has 5 nitrogen and oxygen atoms in total. The highest BCUT2D eigenvalue weighted by Gasteiger charge is 2.20. The minimum absolute atomic E-state index is 0.216. The summed E-state index contributed by atoms with van der Waals surface area (Å²) >= 11 is 1.35. The van der Waals surface area contributed by atoms with Crippen molar-refractivity contribution in [1.29, 1.82) is 0 Å². The number of benzene rings is 1. The number of hydrogen-bond donors (Lipinski definition) is 2. The Morgan fingerprint density at radius 1 is 1.28 bits per heavy atom. The number of anilines is 2. The van der Waals surface area contributed by atoms with Gasteiger partial charge in [0.15, 0.2) is 0 Å². The average Bonchev–Trinajstić information content (AvgIpc) is 2.96. The Balaban J connectivity index is 1.68. The number of thiophene rings is 1. The van der Waals surface area contributed by atoms with Gasteiger partial charge in [0, 0.05) is 22.8 Å². The molecule has 0 unspecified atom stereocenters. The van der Waals surface area contributed by atoms with Crippen LogP contribution in [0, 0.1) is 0 Å². The fraction of sp³-hybridized carbons (Fsp3) is 0.263. The minimum Gasteiger partial charge on any atom is -0.497 e. The van der Waals surface area contributed by atoms with Crippen molar-refractivity contribution >= 4 is 38.8 Å². The van der Waals surface area contributed by atoms with Gasteiger partial charge in [-0.25, -0.2) is 4.98 Å². The molecule has 25 heavy (non-hydrogen) atoms. The van der Waals surface area contributed by atoms with Gasteiger partial charge in [-0.15, -0.1) is 11.3 Å². The number of hydrogen-bond acceptors (Lipinski definition) is 5. The Morgan fingerprint density at radius 2 is 2.12 bits per heavy atom. The Hall–Kier alpha value is -2.60. The van der Waals surface area contributed by atoms with Crippen LogP contribution in [0.1, 0.15) is 33.8 Å². The minimum atomic E-state index is -0.216.